The van der Waals surface area contributed by atoms with Gasteiger partial charge in [0.15, 0.2) is 0 Å². The third kappa shape index (κ3) is 2.40. The zero-order valence-corrected chi connectivity index (χ0v) is 12.1. The van der Waals surface area contributed by atoms with Gasteiger partial charge in [-0.1, -0.05) is 18.2 Å². The first kappa shape index (κ1) is 13.4. The third-order valence-corrected chi connectivity index (χ3v) is 3.67. The molecule has 2 heterocycles. The molecule has 4 rings (SSSR count). The maximum absolute atomic E-state index is 12.6. The number of fused-ring (bicyclic) bond motifs is 2. The summed E-state index contributed by atoms with van der Waals surface area (Å²) in [5.41, 5.74) is 2.05. The number of pyridine rings is 2. The van der Waals surface area contributed by atoms with Crippen molar-refractivity contribution in [2.75, 3.05) is 0 Å². The predicted molar refractivity (Wildman–Crippen MR) is 88.4 cm³/mol. The molecule has 0 bridgehead atoms. The summed E-state index contributed by atoms with van der Waals surface area (Å²) in [6, 6.07) is 18.3. The van der Waals surface area contributed by atoms with Crippen LogP contribution in [0.2, 0.25) is 0 Å². The van der Waals surface area contributed by atoms with E-state index < -0.39 is 5.97 Å². The van der Waals surface area contributed by atoms with Crippen molar-refractivity contribution in [3.05, 3.63) is 78.6 Å². The summed E-state index contributed by atoms with van der Waals surface area (Å²) in [5.74, 6) is 0.0986. The normalized spacial score (nSPS) is 10.8. The molecule has 0 atom stereocenters. The molecule has 0 amide bonds. The van der Waals surface area contributed by atoms with Crippen LogP contribution in [0.15, 0.2) is 73.1 Å². The highest BCUT2D eigenvalue weighted by atomic mass is 16.5. The van der Waals surface area contributed by atoms with Crippen LogP contribution in [-0.2, 0) is 0 Å². The Morgan fingerprint density at radius 3 is 2.17 bits per heavy atom. The van der Waals surface area contributed by atoms with Crippen LogP contribution < -0.4 is 4.74 Å². The summed E-state index contributed by atoms with van der Waals surface area (Å²) in [4.78, 5) is 21.1. The summed E-state index contributed by atoms with van der Waals surface area (Å²) in [7, 11) is 0. The fraction of sp³-hybridized carbons (Fsp3) is 0. The van der Waals surface area contributed by atoms with Gasteiger partial charge in [0, 0.05) is 23.2 Å². The van der Waals surface area contributed by atoms with Crippen molar-refractivity contribution in [2.45, 2.75) is 0 Å². The Morgan fingerprint density at radius 1 is 0.739 bits per heavy atom. The number of aromatic nitrogens is 2. The molecule has 0 aliphatic heterocycles. The topological polar surface area (TPSA) is 52.1 Å². The second-order valence-corrected chi connectivity index (χ2v) is 5.09. The van der Waals surface area contributed by atoms with Gasteiger partial charge in [-0.15, -0.1) is 0 Å². The Hall–Kier alpha value is -3.27. The minimum Gasteiger partial charge on any atom is -0.422 e. The molecule has 0 N–H and O–H groups in total. The summed E-state index contributed by atoms with van der Waals surface area (Å²) >= 11 is 0. The van der Waals surface area contributed by atoms with Crippen molar-refractivity contribution in [1.82, 2.24) is 9.97 Å². The van der Waals surface area contributed by atoms with E-state index in [2.05, 4.69) is 9.97 Å². The monoisotopic (exact) mass is 300 g/mol. The molecule has 2 aromatic heterocycles. The van der Waals surface area contributed by atoms with Gasteiger partial charge in [0.25, 0.3) is 0 Å². The van der Waals surface area contributed by atoms with Crippen LogP contribution in [0.5, 0.6) is 5.75 Å². The van der Waals surface area contributed by atoms with Crippen molar-refractivity contribution in [3.8, 4) is 5.75 Å². The fourth-order valence-electron chi connectivity index (χ4n) is 2.60. The maximum atomic E-state index is 12.6. The van der Waals surface area contributed by atoms with E-state index in [4.69, 9.17) is 4.74 Å². The van der Waals surface area contributed by atoms with Gasteiger partial charge in [-0.3, -0.25) is 9.97 Å². The number of nitrogens with zero attached hydrogens (tertiary/aromatic N) is 2. The molecule has 4 nitrogen and oxygen atoms in total. The number of carbonyl (C=O) groups is 1. The van der Waals surface area contributed by atoms with Gasteiger partial charge in [-0.25, -0.2) is 4.79 Å². The first-order valence-electron chi connectivity index (χ1n) is 7.22. The van der Waals surface area contributed by atoms with Crippen LogP contribution >= 0.6 is 0 Å². The quantitative estimate of drug-likeness (QED) is 0.415. The van der Waals surface area contributed by atoms with Crippen molar-refractivity contribution >= 4 is 27.8 Å². The van der Waals surface area contributed by atoms with Crippen LogP contribution in [0.25, 0.3) is 21.8 Å². The zero-order chi connectivity index (χ0) is 15.6. The SMILES string of the molecule is O=C(Oc1cccc2ncccc12)c1cccc2ncccc12. The minimum atomic E-state index is -0.403. The molecule has 0 aliphatic rings. The zero-order valence-electron chi connectivity index (χ0n) is 12.1. The van der Waals surface area contributed by atoms with Crippen molar-refractivity contribution in [1.29, 1.82) is 0 Å². The van der Waals surface area contributed by atoms with Crippen LogP contribution in [0.1, 0.15) is 10.4 Å². The number of carbonyl (C=O) groups excluding carboxylic acids is 1. The van der Waals surface area contributed by atoms with Gasteiger partial charge < -0.3 is 4.74 Å². The maximum Gasteiger partial charge on any atom is 0.344 e. The summed E-state index contributed by atoms with van der Waals surface area (Å²) in [5, 5.41) is 1.58. The van der Waals surface area contributed by atoms with E-state index in [1.807, 2.05) is 36.4 Å². The molecule has 0 unspecified atom stereocenters. The van der Waals surface area contributed by atoms with Crippen LogP contribution in [0, 0.1) is 0 Å². The second kappa shape index (κ2) is 5.50. The standard InChI is InChI=1S/C19H12N2O2/c22-19(14-5-1-8-16-13(14)6-3-11-20-16)23-18-10-2-9-17-15(18)7-4-12-21-17/h1-12H. The molecule has 4 aromatic rings. The first-order chi connectivity index (χ1) is 11.3. The molecular weight excluding hydrogens is 288 g/mol. The first-order valence-corrected chi connectivity index (χ1v) is 7.22. The predicted octanol–water partition coefficient (Wildman–Crippen LogP) is 4.00. The molecule has 0 spiro atoms. The Labute approximate surface area is 132 Å². The lowest BCUT2D eigenvalue weighted by atomic mass is 10.1. The van der Waals surface area contributed by atoms with Crippen LogP contribution in [0.3, 0.4) is 0 Å². The Morgan fingerprint density at radius 2 is 1.39 bits per heavy atom. The van der Waals surface area contributed by atoms with Gasteiger partial charge in [0.05, 0.1) is 16.6 Å². The summed E-state index contributed by atoms with van der Waals surface area (Å²) in [6.45, 7) is 0. The van der Waals surface area contributed by atoms with Gasteiger partial charge >= 0.3 is 5.97 Å². The number of esters is 1. The van der Waals surface area contributed by atoms with Gasteiger partial charge in [-0.05, 0) is 42.5 Å². The number of benzene rings is 2. The number of hydrogen-bond donors (Lipinski definition) is 0. The number of rotatable bonds is 2. The van der Waals surface area contributed by atoms with Gasteiger partial charge in [0.2, 0.25) is 0 Å². The highest BCUT2D eigenvalue weighted by molar-refractivity contribution is 6.05. The number of ether oxygens (including phenoxy) is 1. The van der Waals surface area contributed by atoms with Crippen molar-refractivity contribution in [2.24, 2.45) is 0 Å². The van der Waals surface area contributed by atoms with E-state index in [0.717, 1.165) is 21.8 Å². The van der Waals surface area contributed by atoms with Crippen molar-refractivity contribution < 1.29 is 9.53 Å². The molecular formula is C19H12N2O2. The average molecular weight is 300 g/mol. The molecule has 0 radical (unpaired) electrons. The van der Waals surface area contributed by atoms with E-state index >= 15 is 0 Å². The third-order valence-electron chi connectivity index (χ3n) is 3.67. The minimum absolute atomic E-state index is 0.403. The molecule has 0 aliphatic carbocycles. The molecule has 0 saturated heterocycles. The van der Waals surface area contributed by atoms with E-state index in [9.17, 15) is 4.79 Å². The van der Waals surface area contributed by atoms with Gasteiger partial charge in [-0.2, -0.15) is 0 Å². The van der Waals surface area contributed by atoms with Crippen LogP contribution in [0.4, 0.5) is 0 Å². The summed E-state index contributed by atoms with van der Waals surface area (Å²) in [6.07, 6.45) is 3.41. The Balaban J connectivity index is 1.77. The molecule has 0 saturated carbocycles. The number of hydrogen-bond acceptors (Lipinski definition) is 4. The largest absolute Gasteiger partial charge is 0.422 e. The summed E-state index contributed by atoms with van der Waals surface area (Å²) < 4.78 is 5.62. The lowest BCUT2D eigenvalue weighted by molar-refractivity contribution is 0.0739. The Kier molecular flexibility index (Phi) is 3.20. The molecule has 0 fully saturated rings. The lowest BCUT2D eigenvalue weighted by Gasteiger charge is -2.09. The van der Waals surface area contributed by atoms with E-state index in [0.29, 0.717) is 11.3 Å². The van der Waals surface area contributed by atoms with E-state index in [1.54, 1.807) is 36.7 Å². The van der Waals surface area contributed by atoms with E-state index in [-0.39, 0.29) is 0 Å². The molecule has 23 heavy (non-hydrogen) atoms. The Bertz CT molecular complexity index is 1020. The molecule has 4 heteroatoms. The average Bonchev–Trinajstić information content (AvgIpc) is 2.61. The van der Waals surface area contributed by atoms with Crippen molar-refractivity contribution in [3.63, 3.8) is 0 Å². The lowest BCUT2D eigenvalue weighted by Crippen LogP contribution is -2.09. The van der Waals surface area contributed by atoms with Crippen LogP contribution in [-0.4, -0.2) is 15.9 Å². The second-order valence-electron chi connectivity index (χ2n) is 5.09. The highest BCUT2D eigenvalue weighted by Gasteiger charge is 2.14. The fourth-order valence-corrected chi connectivity index (χ4v) is 2.60. The molecule has 110 valence electrons. The molecule has 2 aromatic carbocycles. The smallest absolute Gasteiger partial charge is 0.344 e. The van der Waals surface area contributed by atoms with Gasteiger partial charge in [0.1, 0.15) is 5.75 Å². The highest BCUT2D eigenvalue weighted by Crippen LogP contribution is 2.25. The van der Waals surface area contributed by atoms with E-state index in [1.165, 1.54) is 0 Å².